The Kier molecular flexibility index (Phi) is 4.53. The first kappa shape index (κ1) is 17.4. The lowest BCUT2D eigenvalue weighted by Crippen LogP contribution is -2.27. The van der Waals surface area contributed by atoms with Gasteiger partial charge >= 0.3 is 0 Å². The summed E-state index contributed by atoms with van der Waals surface area (Å²) < 4.78 is 28.5. The first-order valence-electron chi connectivity index (χ1n) is 7.79. The van der Waals surface area contributed by atoms with Crippen LogP contribution < -0.4 is 4.31 Å². The first-order valence-corrected chi connectivity index (χ1v) is 9.23. The highest BCUT2D eigenvalue weighted by molar-refractivity contribution is 7.92. The number of likely N-dealkylation sites (N-methyl/N-ethyl adjacent to an activating group) is 1. The molecule has 2 aromatic rings. The van der Waals surface area contributed by atoms with Crippen molar-refractivity contribution in [1.29, 1.82) is 0 Å². The molecule has 0 spiro atoms. The van der Waals surface area contributed by atoms with Crippen molar-refractivity contribution in [2.45, 2.75) is 5.03 Å². The molecular formula is C16H21N5O3S. The number of hydrogen-bond donors (Lipinski definition) is 0. The van der Waals surface area contributed by atoms with Crippen LogP contribution in [0.25, 0.3) is 0 Å². The van der Waals surface area contributed by atoms with Crippen molar-refractivity contribution in [2.24, 2.45) is 12.2 Å². The quantitative estimate of drug-likeness (QED) is 0.595. The summed E-state index contributed by atoms with van der Waals surface area (Å²) in [4.78, 5) is 7.44. The molecule has 0 saturated heterocycles. The number of sulfonamides is 1. The Morgan fingerprint density at radius 1 is 1.20 bits per heavy atom. The fourth-order valence-corrected chi connectivity index (χ4v) is 3.94. The molecule has 0 radical (unpaired) electrons. The Hall–Kier alpha value is -2.39. The Balaban J connectivity index is 2.17. The predicted octanol–water partition coefficient (Wildman–Crippen LogP) is 0.889. The summed E-state index contributed by atoms with van der Waals surface area (Å²) >= 11 is 0. The minimum absolute atomic E-state index is 0.0244. The van der Waals surface area contributed by atoms with E-state index in [0.29, 0.717) is 35.7 Å². The number of anilines is 1. The van der Waals surface area contributed by atoms with E-state index in [4.69, 9.17) is 4.84 Å². The van der Waals surface area contributed by atoms with Gasteiger partial charge in [-0.25, -0.2) is 0 Å². The number of hydrogen-bond acceptors (Lipinski definition) is 6. The first-order chi connectivity index (χ1) is 11.8. The van der Waals surface area contributed by atoms with E-state index >= 15 is 0 Å². The number of oxime groups is 1. The van der Waals surface area contributed by atoms with E-state index in [1.165, 1.54) is 16.0 Å². The van der Waals surface area contributed by atoms with Crippen molar-refractivity contribution in [3.63, 3.8) is 0 Å². The largest absolute Gasteiger partial charge is 0.394 e. The molecule has 0 aliphatic carbocycles. The fourth-order valence-electron chi connectivity index (χ4n) is 2.61. The summed E-state index contributed by atoms with van der Waals surface area (Å²) in [6, 6.07) is 7.21. The normalized spacial score (nSPS) is 17.3. The van der Waals surface area contributed by atoms with Gasteiger partial charge in [-0.15, -0.1) is 0 Å². The van der Waals surface area contributed by atoms with Gasteiger partial charge in [0.05, 0.1) is 11.3 Å². The Labute approximate surface area is 147 Å². The maximum absolute atomic E-state index is 12.9. The average molecular weight is 363 g/mol. The number of aryl methyl sites for hydroxylation is 1. The molecule has 3 rings (SSSR count). The maximum atomic E-state index is 12.9. The van der Waals surface area contributed by atoms with Crippen molar-refractivity contribution < 1.29 is 13.3 Å². The highest BCUT2D eigenvalue weighted by Gasteiger charge is 2.36. The molecular weight excluding hydrogens is 342 g/mol. The summed E-state index contributed by atoms with van der Waals surface area (Å²) in [5, 5.41) is 8.38. The van der Waals surface area contributed by atoms with Gasteiger partial charge in [-0.3, -0.25) is 8.99 Å². The number of para-hydroxylation sites is 1. The topological polar surface area (TPSA) is 80.0 Å². The van der Waals surface area contributed by atoms with Gasteiger partial charge in [0, 0.05) is 32.4 Å². The number of rotatable bonds is 4. The van der Waals surface area contributed by atoms with Crippen LogP contribution >= 0.6 is 0 Å². The Morgan fingerprint density at radius 3 is 2.64 bits per heavy atom. The van der Waals surface area contributed by atoms with Gasteiger partial charge < -0.3 is 9.74 Å². The SMILES string of the molecule is CN(C)CCO/N=C1/c2ccccc2N(C)S(=O)(=O)c2nn(C)cc21. The third kappa shape index (κ3) is 3.12. The zero-order valence-electron chi connectivity index (χ0n) is 14.7. The molecule has 1 aliphatic rings. The van der Waals surface area contributed by atoms with Gasteiger partial charge in [0.25, 0.3) is 10.0 Å². The standard InChI is InChI=1S/C16H21N5O3S/c1-19(2)9-10-24-18-15-12-7-5-6-8-14(12)21(4)25(22,23)16-13(15)11-20(3)17-16/h5-8,11H,9-10H2,1-4H3/b18-15-. The minimum atomic E-state index is -3.77. The average Bonchev–Trinajstić information content (AvgIpc) is 2.94. The van der Waals surface area contributed by atoms with Crippen LogP contribution in [0.3, 0.4) is 0 Å². The van der Waals surface area contributed by atoms with E-state index in [0.717, 1.165) is 0 Å². The lowest BCUT2D eigenvalue weighted by atomic mass is 10.0. The molecule has 0 fully saturated rings. The van der Waals surface area contributed by atoms with Crippen LogP contribution in [-0.2, 0) is 21.9 Å². The molecule has 134 valence electrons. The molecule has 0 bridgehead atoms. The molecule has 0 N–H and O–H groups in total. The molecule has 0 unspecified atom stereocenters. The number of nitrogens with zero attached hydrogens (tertiary/aromatic N) is 5. The van der Waals surface area contributed by atoms with E-state index in [1.54, 1.807) is 25.4 Å². The summed E-state index contributed by atoms with van der Waals surface area (Å²) in [6.07, 6.45) is 1.65. The van der Waals surface area contributed by atoms with Crippen LogP contribution in [0.4, 0.5) is 5.69 Å². The van der Waals surface area contributed by atoms with Gasteiger partial charge in [-0.1, -0.05) is 23.4 Å². The second-order valence-electron chi connectivity index (χ2n) is 6.09. The molecule has 9 heteroatoms. The van der Waals surface area contributed by atoms with Crippen LogP contribution in [0.1, 0.15) is 11.1 Å². The summed E-state index contributed by atoms with van der Waals surface area (Å²) in [7, 11) is 3.31. The smallest absolute Gasteiger partial charge is 0.284 e. The molecule has 2 heterocycles. The van der Waals surface area contributed by atoms with Crippen LogP contribution in [0.5, 0.6) is 0 Å². The second kappa shape index (κ2) is 6.49. The predicted molar refractivity (Wildman–Crippen MR) is 95.4 cm³/mol. The summed E-state index contributed by atoms with van der Waals surface area (Å²) in [6.45, 7) is 1.10. The van der Waals surface area contributed by atoms with Crippen LogP contribution in [0, 0.1) is 0 Å². The van der Waals surface area contributed by atoms with Crippen LogP contribution in [0.15, 0.2) is 40.6 Å². The molecule has 8 nitrogen and oxygen atoms in total. The van der Waals surface area contributed by atoms with E-state index in [9.17, 15) is 8.42 Å². The summed E-state index contributed by atoms with van der Waals surface area (Å²) in [5.74, 6) is 0. The molecule has 0 saturated carbocycles. The Bertz CT molecular complexity index is 918. The molecule has 25 heavy (non-hydrogen) atoms. The van der Waals surface area contributed by atoms with Gasteiger partial charge in [-0.05, 0) is 20.2 Å². The van der Waals surface area contributed by atoms with Crippen molar-refractivity contribution in [3.8, 4) is 0 Å². The third-order valence-electron chi connectivity index (χ3n) is 3.94. The molecule has 1 aromatic carbocycles. The van der Waals surface area contributed by atoms with Crippen molar-refractivity contribution in [1.82, 2.24) is 14.7 Å². The minimum Gasteiger partial charge on any atom is -0.394 e. The molecule has 1 aliphatic heterocycles. The van der Waals surface area contributed by atoms with Gasteiger partial charge in [-0.2, -0.15) is 13.5 Å². The lowest BCUT2D eigenvalue weighted by molar-refractivity contribution is 0.126. The number of aromatic nitrogens is 2. The number of fused-ring (bicyclic) bond motifs is 2. The van der Waals surface area contributed by atoms with E-state index in [1.807, 2.05) is 31.1 Å². The van der Waals surface area contributed by atoms with Crippen molar-refractivity contribution >= 4 is 21.4 Å². The van der Waals surface area contributed by atoms with E-state index < -0.39 is 10.0 Å². The third-order valence-corrected chi connectivity index (χ3v) is 5.65. The van der Waals surface area contributed by atoms with Crippen molar-refractivity contribution in [3.05, 3.63) is 41.6 Å². The van der Waals surface area contributed by atoms with Crippen LogP contribution in [-0.4, -0.2) is 63.1 Å². The van der Waals surface area contributed by atoms with E-state index in [2.05, 4.69) is 10.3 Å². The van der Waals surface area contributed by atoms with Crippen molar-refractivity contribution in [2.75, 3.05) is 38.6 Å². The Morgan fingerprint density at radius 2 is 1.92 bits per heavy atom. The summed E-state index contributed by atoms with van der Waals surface area (Å²) in [5.41, 5.74) is 2.12. The van der Waals surface area contributed by atoms with Gasteiger partial charge in [0.2, 0.25) is 5.03 Å². The second-order valence-corrected chi connectivity index (χ2v) is 7.97. The highest BCUT2D eigenvalue weighted by atomic mass is 32.2. The number of benzene rings is 1. The zero-order valence-corrected chi connectivity index (χ0v) is 15.5. The molecule has 1 aromatic heterocycles. The fraction of sp³-hybridized carbons (Fsp3) is 0.375. The van der Waals surface area contributed by atoms with E-state index in [-0.39, 0.29) is 5.03 Å². The van der Waals surface area contributed by atoms with Gasteiger partial charge in [0.1, 0.15) is 12.3 Å². The molecule has 0 atom stereocenters. The molecule has 0 amide bonds. The maximum Gasteiger partial charge on any atom is 0.284 e. The highest BCUT2D eigenvalue weighted by Crippen LogP contribution is 2.33. The monoisotopic (exact) mass is 363 g/mol. The lowest BCUT2D eigenvalue weighted by Gasteiger charge is -2.18. The van der Waals surface area contributed by atoms with Gasteiger partial charge in [0.15, 0.2) is 0 Å². The van der Waals surface area contributed by atoms with Crippen LogP contribution in [0.2, 0.25) is 0 Å². The zero-order chi connectivity index (χ0) is 18.2.